The molecule has 0 bridgehead atoms. The molecule has 104 valence electrons. The minimum atomic E-state index is 0.722. The highest BCUT2D eigenvalue weighted by Gasteiger charge is 2.27. The van der Waals surface area contributed by atoms with Crippen molar-refractivity contribution in [3.05, 3.63) is 35.4 Å². The van der Waals surface area contributed by atoms with Crippen molar-refractivity contribution in [3.8, 4) is 0 Å². The molecule has 1 N–H and O–H groups in total. The minimum absolute atomic E-state index is 0.722. The van der Waals surface area contributed by atoms with Gasteiger partial charge in [-0.05, 0) is 56.2 Å². The Bertz CT molecular complexity index is 411. The third-order valence-electron chi connectivity index (χ3n) is 4.66. The molecule has 1 aromatic rings. The number of rotatable bonds is 5. The van der Waals surface area contributed by atoms with E-state index in [4.69, 9.17) is 0 Å². The maximum Gasteiger partial charge on any atom is 0.0237 e. The fourth-order valence-corrected chi connectivity index (χ4v) is 3.17. The molecule has 0 radical (unpaired) electrons. The van der Waals surface area contributed by atoms with Gasteiger partial charge in [0, 0.05) is 25.7 Å². The van der Waals surface area contributed by atoms with E-state index in [1.165, 1.54) is 44.3 Å². The van der Waals surface area contributed by atoms with Gasteiger partial charge in [0.1, 0.15) is 0 Å². The first-order chi connectivity index (χ1) is 9.33. The Labute approximate surface area is 117 Å². The van der Waals surface area contributed by atoms with E-state index < -0.39 is 0 Å². The van der Waals surface area contributed by atoms with Gasteiger partial charge in [-0.3, -0.25) is 4.90 Å². The lowest BCUT2D eigenvalue weighted by Crippen LogP contribution is -2.36. The standard InChI is InChI=1S/C17H26N2/c1-14(15-8-9-15)18-10-12-19-11-4-7-16-5-2-3-6-17(16)13-19/h2-3,5-6,14-15,18H,4,7-13H2,1H3. The van der Waals surface area contributed by atoms with Crippen molar-refractivity contribution in [1.29, 1.82) is 0 Å². The zero-order valence-electron chi connectivity index (χ0n) is 12.1. The average molecular weight is 258 g/mol. The molecule has 1 aliphatic heterocycles. The molecule has 1 heterocycles. The number of aryl methyl sites for hydroxylation is 1. The Morgan fingerprint density at radius 1 is 1.26 bits per heavy atom. The van der Waals surface area contributed by atoms with Crippen LogP contribution < -0.4 is 5.32 Å². The molecule has 1 aliphatic carbocycles. The highest BCUT2D eigenvalue weighted by atomic mass is 15.1. The smallest absolute Gasteiger partial charge is 0.0237 e. The van der Waals surface area contributed by atoms with Crippen LogP contribution >= 0.6 is 0 Å². The van der Waals surface area contributed by atoms with Crippen molar-refractivity contribution in [2.24, 2.45) is 5.92 Å². The third-order valence-corrected chi connectivity index (χ3v) is 4.66. The van der Waals surface area contributed by atoms with Crippen LogP contribution in [0.4, 0.5) is 0 Å². The van der Waals surface area contributed by atoms with Gasteiger partial charge in [-0.25, -0.2) is 0 Å². The topological polar surface area (TPSA) is 15.3 Å². The van der Waals surface area contributed by atoms with Gasteiger partial charge in [-0.2, -0.15) is 0 Å². The Kier molecular flexibility index (Phi) is 4.19. The van der Waals surface area contributed by atoms with E-state index in [1.807, 2.05) is 0 Å². The van der Waals surface area contributed by atoms with Gasteiger partial charge < -0.3 is 5.32 Å². The largest absolute Gasteiger partial charge is 0.313 e. The van der Waals surface area contributed by atoms with E-state index >= 15 is 0 Å². The van der Waals surface area contributed by atoms with Crippen molar-refractivity contribution in [2.45, 2.75) is 45.2 Å². The number of hydrogen-bond donors (Lipinski definition) is 1. The second-order valence-corrected chi connectivity index (χ2v) is 6.23. The first kappa shape index (κ1) is 13.1. The molecule has 0 amide bonds. The summed E-state index contributed by atoms with van der Waals surface area (Å²) in [6.07, 6.45) is 5.42. The molecular formula is C17H26N2. The molecule has 19 heavy (non-hydrogen) atoms. The average Bonchev–Trinajstić information content (AvgIpc) is 3.25. The predicted octanol–water partition coefficient (Wildman–Crippen LogP) is 2.82. The molecule has 1 fully saturated rings. The van der Waals surface area contributed by atoms with Crippen LogP contribution in [0.1, 0.15) is 37.3 Å². The second-order valence-electron chi connectivity index (χ2n) is 6.23. The maximum absolute atomic E-state index is 3.69. The van der Waals surface area contributed by atoms with Gasteiger partial charge in [0.25, 0.3) is 0 Å². The van der Waals surface area contributed by atoms with Crippen LogP contribution in [0.2, 0.25) is 0 Å². The summed E-state index contributed by atoms with van der Waals surface area (Å²) in [6.45, 7) is 7.05. The van der Waals surface area contributed by atoms with E-state index in [1.54, 1.807) is 5.56 Å². The number of hydrogen-bond acceptors (Lipinski definition) is 2. The Morgan fingerprint density at radius 2 is 2.05 bits per heavy atom. The van der Waals surface area contributed by atoms with Crippen molar-refractivity contribution in [1.82, 2.24) is 10.2 Å². The molecular weight excluding hydrogens is 232 g/mol. The Morgan fingerprint density at radius 3 is 2.84 bits per heavy atom. The van der Waals surface area contributed by atoms with E-state index in [9.17, 15) is 0 Å². The molecule has 0 spiro atoms. The molecule has 1 unspecified atom stereocenters. The maximum atomic E-state index is 3.69. The molecule has 1 aromatic carbocycles. The van der Waals surface area contributed by atoms with Gasteiger partial charge in [0.05, 0.1) is 0 Å². The summed E-state index contributed by atoms with van der Waals surface area (Å²) in [5.41, 5.74) is 3.10. The lowest BCUT2D eigenvalue weighted by Gasteiger charge is -2.22. The zero-order valence-corrected chi connectivity index (χ0v) is 12.1. The van der Waals surface area contributed by atoms with Crippen molar-refractivity contribution >= 4 is 0 Å². The monoisotopic (exact) mass is 258 g/mol. The number of fused-ring (bicyclic) bond motifs is 1. The summed E-state index contributed by atoms with van der Waals surface area (Å²) in [6, 6.07) is 9.67. The SMILES string of the molecule is CC(NCCN1CCCc2ccccc2C1)C1CC1. The van der Waals surface area contributed by atoms with Crippen LogP contribution in [-0.4, -0.2) is 30.6 Å². The molecule has 3 rings (SSSR count). The first-order valence-corrected chi connectivity index (χ1v) is 7.85. The van der Waals surface area contributed by atoms with Crippen LogP contribution in [0.3, 0.4) is 0 Å². The molecule has 1 saturated carbocycles. The first-order valence-electron chi connectivity index (χ1n) is 7.85. The summed E-state index contributed by atoms with van der Waals surface area (Å²) in [5, 5.41) is 3.69. The summed E-state index contributed by atoms with van der Waals surface area (Å²) >= 11 is 0. The third kappa shape index (κ3) is 3.58. The highest BCUT2D eigenvalue weighted by Crippen LogP contribution is 2.32. The highest BCUT2D eigenvalue weighted by molar-refractivity contribution is 5.27. The number of nitrogens with zero attached hydrogens (tertiary/aromatic N) is 1. The van der Waals surface area contributed by atoms with E-state index in [-0.39, 0.29) is 0 Å². The molecule has 2 nitrogen and oxygen atoms in total. The van der Waals surface area contributed by atoms with Gasteiger partial charge in [0.15, 0.2) is 0 Å². The van der Waals surface area contributed by atoms with Crippen LogP contribution in [-0.2, 0) is 13.0 Å². The van der Waals surface area contributed by atoms with Gasteiger partial charge in [-0.15, -0.1) is 0 Å². The molecule has 2 heteroatoms. The van der Waals surface area contributed by atoms with Crippen molar-refractivity contribution < 1.29 is 0 Å². The van der Waals surface area contributed by atoms with E-state index in [0.29, 0.717) is 0 Å². The van der Waals surface area contributed by atoms with Crippen molar-refractivity contribution in [2.75, 3.05) is 19.6 Å². The quantitative estimate of drug-likeness (QED) is 0.873. The van der Waals surface area contributed by atoms with Gasteiger partial charge >= 0.3 is 0 Å². The minimum Gasteiger partial charge on any atom is -0.313 e. The molecule has 1 atom stereocenters. The van der Waals surface area contributed by atoms with Gasteiger partial charge in [-0.1, -0.05) is 24.3 Å². The second kappa shape index (κ2) is 6.06. The Hall–Kier alpha value is -0.860. The summed E-state index contributed by atoms with van der Waals surface area (Å²) in [5.74, 6) is 0.963. The Balaban J connectivity index is 1.48. The fourth-order valence-electron chi connectivity index (χ4n) is 3.17. The lowest BCUT2D eigenvalue weighted by atomic mass is 10.0. The van der Waals surface area contributed by atoms with Crippen molar-refractivity contribution in [3.63, 3.8) is 0 Å². The van der Waals surface area contributed by atoms with E-state index in [2.05, 4.69) is 41.4 Å². The predicted molar refractivity (Wildman–Crippen MR) is 80.2 cm³/mol. The van der Waals surface area contributed by atoms with Crippen LogP contribution in [0.15, 0.2) is 24.3 Å². The fraction of sp³-hybridized carbons (Fsp3) is 0.647. The summed E-state index contributed by atoms with van der Waals surface area (Å²) < 4.78 is 0. The van der Waals surface area contributed by atoms with Crippen LogP contribution in [0, 0.1) is 5.92 Å². The molecule has 0 saturated heterocycles. The normalized spacial score (nSPS) is 21.7. The number of nitrogens with one attached hydrogen (secondary N) is 1. The van der Waals surface area contributed by atoms with Crippen LogP contribution in [0.5, 0.6) is 0 Å². The summed E-state index contributed by atoms with van der Waals surface area (Å²) in [4.78, 5) is 2.61. The molecule has 0 aromatic heterocycles. The van der Waals surface area contributed by atoms with E-state index in [0.717, 1.165) is 25.0 Å². The zero-order chi connectivity index (χ0) is 13.1. The number of benzene rings is 1. The lowest BCUT2D eigenvalue weighted by molar-refractivity contribution is 0.263. The molecule has 2 aliphatic rings. The van der Waals surface area contributed by atoms with Crippen LogP contribution in [0.25, 0.3) is 0 Å². The van der Waals surface area contributed by atoms with Gasteiger partial charge in [0.2, 0.25) is 0 Å². The summed E-state index contributed by atoms with van der Waals surface area (Å²) in [7, 11) is 0.